The van der Waals surface area contributed by atoms with Crippen molar-refractivity contribution in [3.05, 3.63) is 27.7 Å². The minimum absolute atomic E-state index is 0.673. The molecule has 0 aliphatic heterocycles. The first-order chi connectivity index (χ1) is 10.1. The van der Waals surface area contributed by atoms with Crippen LogP contribution < -0.4 is 10.1 Å². The summed E-state index contributed by atoms with van der Waals surface area (Å²) in [6, 6.07) is 5.95. The lowest BCUT2D eigenvalue weighted by Gasteiger charge is -2.05. The molecule has 1 aromatic heterocycles. The van der Waals surface area contributed by atoms with E-state index in [0.717, 1.165) is 45.3 Å². The fraction of sp³-hybridized carbons (Fsp3) is 0.467. The molecule has 0 unspecified atom stereocenters. The zero-order chi connectivity index (χ0) is 15.2. The first-order valence-corrected chi connectivity index (χ1v) is 8.58. The van der Waals surface area contributed by atoms with Crippen molar-refractivity contribution in [2.45, 2.75) is 20.3 Å². The van der Waals surface area contributed by atoms with Crippen molar-refractivity contribution in [2.75, 3.05) is 20.2 Å². The van der Waals surface area contributed by atoms with Crippen LogP contribution in [0.3, 0.4) is 0 Å². The summed E-state index contributed by atoms with van der Waals surface area (Å²) in [5.41, 5.74) is 1.06. The molecule has 0 atom stereocenters. The van der Waals surface area contributed by atoms with E-state index in [9.17, 15) is 0 Å². The van der Waals surface area contributed by atoms with Crippen LogP contribution in [-0.4, -0.2) is 30.4 Å². The van der Waals surface area contributed by atoms with Crippen LogP contribution in [0.4, 0.5) is 0 Å². The third kappa shape index (κ3) is 4.76. The molecule has 114 valence electrons. The zero-order valence-corrected chi connectivity index (χ0v) is 14.9. The number of methoxy groups -OCH3 is 1. The summed E-state index contributed by atoms with van der Waals surface area (Å²) in [5.74, 6) is 1.49. The molecule has 1 aromatic carbocycles. The zero-order valence-electron chi connectivity index (χ0n) is 12.5. The Morgan fingerprint density at radius 3 is 2.81 bits per heavy atom. The van der Waals surface area contributed by atoms with Gasteiger partial charge < -0.3 is 10.1 Å². The number of halogens is 1. The summed E-state index contributed by atoms with van der Waals surface area (Å²) in [6.07, 6.45) is 0.918. The summed E-state index contributed by atoms with van der Waals surface area (Å²) in [7, 11) is 1.66. The topological polar surface area (TPSA) is 47.0 Å². The van der Waals surface area contributed by atoms with Crippen molar-refractivity contribution in [2.24, 2.45) is 5.92 Å². The molecule has 0 amide bonds. The van der Waals surface area contributed by atoms with E-state index in [0.29, 0.717) is 5.92 Å². The number of aromatic nitrogens is 2. The molecule has 0 fully saturated rings. The lowest BCUT2D eigenvalue weighted by atomic mass is 10.2. The number of nitrogens with zero attached hydrogens (tertiary/aromatic N) is 2. The third-order valence-corrected chi connectivity index (χ3v) is 4.59. The minimum atomic E-state index is 0.673. The van der Waals surface area contributed by atoms with Crippen molar-refractivity contribution in [1.82, 2.24) is 15.5 Å². The van der Waals surface area contributed by atoms with Gasteiger partial charge in [0.05, 0.1) is 11.6 Å². The van der Waals surface area contributed by atoms with E-state index < -0.39 is 0 Å². The third-order valence-electron chi connectivity index (χ3n) is 2.93. The fourth-order valence-electron chi connectivity index (χ4n) is 1.86. The van der Waals surface area contributed by atoms with Gasteiger partial charge >= 0.3 is 0 Å². The highest BCUT2D eigenvalue weighted by Crippen LogP contribution is 2.31. The fourth-order valence-corrected chi connectivity index (χ4v) is 3.23. The van der Waals surface area contributed by atoms with E-state index in [2.05, 4.69) is 45.3 Å². The molecule has 1 heterocycles. The highest BCUT2D eigenvalue weighted by molar-refractivity contribution is 9.10. The van der Waals surface area contributed by atoms with Gasteiger partial charge in [-0.2, -0.15) is 0 Å². The standard InChI is InChI=1S/C15H20BrN3OS/c1-10(2)9-17-7-6-14-18-19-15(21-14)11-4-5-13(20-3)12(16)8-11/h4-5,8,10,17H,6-7,9H2,1-3H3. The molecular formula is C15H20BrN3OS. The van der Waals surface area contributed by atoms with Crippen LogP contribution in [0.1, 0.15) is 18.9 Å². The molecule has 4 nitrogen and oxygen atoms in total. The normalized spacial score (nSPS) is 11.1. The Hall–Kier alpha value is -0.980. The SMILES string of the molecule is COc1ccc(-c2nnc(CCNCC(C)C)s2)cc1Br. The maximum absolute atomic E-state index is 5.24. The molecule has 0 spiro atoms. The van der Waals surface area contributed by atoms with Crippen LogP contribution in [0, 0.1) is 5.92 Å². The van der Waals surface area contributed by atoms with E-state index >= 15 is 0 Å². The number of nitrogens with one attached hydrogen (secondary N) is 1. The van der Waals surface area contributed by atoms with Crippen LogP contribution in [0.15, 0.2) is 22.7 Å². The lowest BCUT2D eigenvalue weighted by Crippen LogP contribution is -2.22. The molecule has 0 aliphatic carbocycles. The predicted octanol–water partition coefficient (Wildman–Crippen LogP) is 3.76. The van der Waals surface area contributed by atoms with E-state index in [1.165, 1.54) is 0 Å². The molecule has 0 saturated heterocycles. The van der Waals surface area contributed by atoms with E-state index in [-0.39, 0.29) is 0 Å². The maximum atomic E-state index is 5.24. The van der Waals surface area contributed by atoms with Crippen molar-refractivity contribution < 1.29 is 4.74 Å². The Balaban J connectivity index is 1.97. The van der Waals surface area contributed by atoms with Gasteiger partial charge in [-0.05, 0) is 46.6 Å². The predicted molar refractivity (Wildman–Crippen MR) is 91.0 cm³/mol. The Morgan fingerprint density at radius 2 is 2.14 bits per heavy atom. The average Bonchev–Trinajstić information content (AvgIpc) is 2.92. The molecule has 0 radical (unpaired) electrons. The van der Waals surface area contributed by atoms with E-state index in [1.54, 1.807) is 18.4 Å². The largest absolute Gasteiger partial charge is 0.496 e. The van der Waals surface area contributed by atoms with Crippen LogP contribution in [0.2, 0.25) is 0 Å². The van der Waals surface area contributed by atoms with Gasteiger partial charge in [0.2, 0.25) is 0 Å². The molecule has 2 aromatic rings. The van der Waals surface area contributed by atoms with Gasteiger partial charge in [-0.1, -0.05) is 25.2 Å². The van der Waals surface area contributed by atoms with Gasteiger partial charge in [0.1, 0.15) is 15.8 Å². The molecule has 0 bridgehead atoms. The van der Waals surface area contributed by atoms with Gasteiger partial charge in [-0.3, -0.25) is 0 Å². The molecule has 6 heteroatoms. The quantitative estimate of drug-likeness (QED) is 0.754. The smallest absolute Gasteiger partial charge is 0.147 e. The molecule has 1 N–H and O–H groups in total. The second-order valence-electron chi connectivity index (χ2n) is 5.20. The summed E-state index contributed by atoms with van der Waals surface area (Å²) in [6.45, 7) is 6.39. The summed E-state index contributed by atoms with van der Waals surface area (Å²) in [5, 5.41) is 14.0. The minimum Gasteiger partial charge on any atom is -0.496 e. The Labute approximate surface area is 138 Å². The van der Waals surface area contributed by atoms with Gasteiger partial charge in [0.15, 0.2) is 0 Å². The second kappa shape index (κ2) is 7.87. The second-order valence-corrected chi connectivity index (χ2v) is 7.11. The highest BCUT2D eigenvalue weighted by atomic mass is 79.9. The number of benzene rings is 1. The first kappa shape index (κ1) is 16.4. The Bertz CT molecular complexity index is 586. The number of rotatable bonds is 7. The van der Waals surface area contributed by atoms with Crippen molar-refractivity contribution in [3.63, 3.8) is 0 Å². The number of hydrogen-bond acceptors (Lipinski definition) is 5. The van der Waals surface area contributed by atoms with Crippen LogP contribution in [0.5, 0.6) is 5.75 Å². The average molecular weight is 370 g/mol. The first-order valence-electron chi connectivity index (χ1n) is 6.97. The number of ether oxygens (including phenoxy) is 1. The Kier molecular flexibility index (Phi) is 6.14. The van der Waals surface area contributed by atoms with Gasteiger partial charge in [0.25, 0.3) is 0 Å². The summed E-state index contributed by atoms with van der Waals surface area (Å²) in [4.78, 5) is 0. The van der Waals surface area contributed by atoms with Crippen LogP contribution in [0.25, 0.3) is 10.6 Å². The highest BCUT2D eigenvalue weighted by Gasteiger charge is 2.09. The van der Waals surface area contributed by atoms with Gasteiger partial charge in [0, 0.05) is 18.5 Å². The van der Waals surface area contributed by atoms with E-state index in [4.69, 9.17) is 4.74 Å². The maximum Gasteiger partial charge on any atom is 0.147 e. The van der Waals surface area contributed by atoms with Crippen molar-refractivity contribution in [1.29, 1.82) is 0 Å². The summed E-state index contributed by atoms with van der Waals surface area (Å²) < 4.78 is 6.17. The number of hydrogen-bond donors (Lipinski definition) is 1. The summed E-state index contributed by atoms with van der Waals surface area (Å²) >= 11 is 5.14. The van der Waals surface area contributed by atoms with Crippen LogP contribution >= 0.6 is 27.3 Å². The van der Waals surface area contributed by atoms with Gasteiger partial charge in [-0.15, -0.1) is 10.2 Å². The monoisotopic (exact) mass is 369 g/mol. The molecular weight excluding hydrogens is 350 g/mol. The molecule has 0 aliphatic rings. The molecule has 2 rings (SSSR count). The van der Waals surface area contributed by atoms with Crippen molar-refractivity contribution in [3.8, 4) is 16.3 Å². The van der Waals surface area contributed by atoms with Crippen LogP contribution in [-0.2, 0) is 6.42 Å². The molecule has 0 saturated carbocycles. The molecule has 21 heavy (non-hydrogen) atoms. The lowest BCUT2D eigenvalue weighted by molar-refractivity contribution is 0.412. The van der Waals surface area contributed by atoms with E-state index in [1.807, 2.05) is 18.2 Å². The van der Waals surface area contributed by atoms with Gasteiger partial charge in [-0.25, -0.2) is 0 Å². The van der Waals surface area contributed by atoms with Crippen molar-refractivity contribution >= 4 is 27.3 Å². The Morgan fingerprint density at radius 1 is 1.33 bits per heavy atom.